The lowest BCUT2D eigenvalue weighted by Gasteiger charge is -2.09. The van der Waals surface area contributed by atoms with Crippen LogP contribution in [0.25, 0.3) is 28.3 Å². The highest BCUT2D eigenvalue weighted by atomic mass is 32.2. The van der Waals surface area contributed by atoms with Crippen LogP contribution in [0, 0.1) is 0 Å². The average Bonchev–Trinajstić information content (AvgIpc) is 3.25. The van der Waals surface area contributed by atoms with Crippen molar-refractivity contribution >= 4 is 28.5 Å². The van der Waals surface area contributed by atoms with Crippen molar-refractivity contribution in [1.82, 2.24) is 19.4 Å². The van der Waals surface area contributed by atoms with Crippen molar-refractivity contribution < 1.29 is 18.3 Å². The quantitative estimate of drug-likeness (QED) is 0.506. The number of para-hydroxylation sites is 1. The highest BCUT2D eigenvalue weighted by molar-refractivity contribution is 7.80. The van der Waals surface area contributed by atoms with Crippen LogP contribution in [-0.4, -0.2) is 41.2 Å². The monoisotopic (exact) mass is 410 g/mol. The van der Waals surface area contributed by atoms with Gasteiger partial charge in [-0.05, 0) is 36.4 Å². The number of nitrogens with zero attached hydrogens (tertiary/aromatic N) is 4. The molecule has 4 rings (SSSR count). The van der Waals surface area contributed by atoms with Crippen LogP contribution in [0.2, 0.25) is 0 Å². The van der Waals surface area contributed by atoms with E-state index in [9.17, 15) is 13.6 Å². The Balaban J connectivity index is 1.80. The molecule has 0 spiro atoms. The SMILES string of the molecule is COc1ccccc1-c1cc2n(C(C)=O)c(-c3ccc(NS(=O)[O-])cc3)nn2n1. The third-order valence-corrected chi connectivity index (χ3v) is 4.75. The molecule has 0 bridgehead atoms. The molecule has 2 heterocycles. The minimum Gasteiger partial charge on any atom is -0.755 e. The van der Waals surface area contributed by atoms with Crippen LogP contribution < -0.4 is 9.46 Å². The smallest absolute Gasteiger partial charge is 0.230 e. The first kappa shape index (κ1) is 18.8. The molecule has 1 atom stereocenters. The number of fused-ring (bicyclic) bond motifs is 1. The third-order valence-electron chi connectivity index (χ3n) is 4.35. The van der Waals surface area contributed by atoms with Gasteiger partial charge in [0.15, 0.2) is 11.5 Å². The van der Waals surface area contributed by atoms with Crippen LogP contribution >= 0.6 is 0 Å². The summed E-state index contributed by atoms with van der Waals surface area (Å²) in [5.74, 6) is 0.847. The maximum atomic E-state index is 12.4. The number of ether oxygens (including phenoxy) is 1. The minimum absolute atomic E-state index is 0.225. The van der Waals surface area contributed by atoms with Crippen LogP contribution in [0.1, 0.15) is 11.7 Å². The zero-order valence-corrected chi connectivity index (χ0v) is 16.3. The molecule has 2 aromatic carbocycles. The summed E-state index contributed by atoms with van der Waals surface area (Å²) in [7, 11) is 1.58. The van der Waals surface area contributed by atoms with E-state index in [1.54, 1.807) is 37.4 Å². The number of rotatable bonds is 5. The number of aromatic nitrogens is 4. The molecular formula is C19H16N5O4S-. The summed E-state index contributed by atoms with van der Waals surface area (Å²) < 4.78 is 32.0. The Morgan fingerprint density at radius 2 is 1.86 bits per heavy atom. The van der Waals surface area contributed by atoms with Crippen molar-refractivity contribution in [1.29, 1.82) is 0 Å². The predicted octanol–water partition coefficient (Wildman–Crippen LogP) is 2.74. The number of methoxy groups -OCH3 is 1. The van der Waals surface area contributed by atoms with Gasteiger partial charge in [0, 0.05) is 41.1 Å². The van der Waals surface area contributed by atoms with Crippen LogP contribution in [0.15, 0.2) is 54.6 Å². The van der Waals surface area contributed by atoms with Gasteiger partial charge in [0.05, 0.1) is 7.11 Å². The number of hydrogen-bond donors (Lipinski definition) is 1. The van der Waals surface area contributed by atoms with E-state index in [0.29, 0.717) is 34.2 Å². The number of carbonyl (C=O) groups excluding carboxylic acids is 1. The van der Waals surface area contributed by atoms with Gasteiger partial charge in [-0.25, -0.2) is 4.57 Å². The standard InChI is InChI=1S/C19H17N5O4S/c1-12(25)23-18-11-16(15-5-3-4-6-17(15)28-2)20-24(18)21-19(23)13-7-9-14(10-8-13)22-29(26)27/h3-11,22H,1-2H3,(H,26,27)/p-1. The molecule has 0 radical (unpaired) electrons. The summed E-state index contributed by atoms with van der Waals surface area (Å²) in [6.45, 7) is 1.44. The first-order valence-corrected chi connectivity index (χ1v) is 9.65. The Labute approximate surface area is 168 Å². The molecule has 2 aromatic heterocycles. The highest BCUT2D eigenvalue weighted by Crippen LogP contribution is 2.30. The molecule has 29 heavy (non-hydrogen) atoms. The summed E-state index contributed by atoms with van der Waals surface area (Å²) in [5, 5.41) is 8.96. The molecule has 0 aliphatic rings. The van der Waals surface area contributed by atoms with Gasteiger partial charge in [0.1, 0.15) is 11.4 Å². The van der Waals surface area contributed by atoms with Crippen molar-refractivity contribution in [2.45, 2.75) is 6.92 Å². The lowest BCUT2D eigenvalue weighted by Crippen LogP contribution is -2.07. The molecular weight excluding hydrogens is 394 g/mol. The van der Waals surface area contributed by atoms with Crippen LogP contribution in [0.3, 0.4) is 0 Å². The molecule has 9 nitrogen and oxygen atoms in total. The predicted molar refractivity (Wildman–Crippen MR) is 107 cm³/mol. The first-order chi connectivity index (χ1) is 14.0. The molecule has 1 N–H and O–H groups in total. The molecule has 148 valence electrons. The van der Waals surface area contributed by atoms with Crippen LogP contribution in [-0.2, 0) is 11.3 Å². The fraction of sp³-hybridized carbons (Fsp3) is 0.105. The number of hydrogen-bond acceptors (Lipinski definition) is 6. The van der Waals surface area contributed by atoms with Crippen molar-refractivity contribution in [3.05, 3.63) is 54.6 Å². The second kappa shape index (κ2) is 7.49. The minimum atomic E-state index is -2.41. The lowest BCUT2D eigenvalue weighted by atomic mass is 10.1. The van der Waals surface area contributed by atoms with E-state index < -0.39 is 11.3 Å². The van der Waals surface area contributed by atoms with E-state index in [1.165, 1.54) is 16.1 Å². The van der Waals surface area contributed by atoms with Crippen molar-refractivity contribution in [2.24, 2.45) is 0 Å². The van der Waals surface area contributed by atoms with Gasteiger partial charge in [0.25, 0.3) is 0 Å². The normalized spacial score (nSPS) is 12.1. The molecule has 4 aromatic rings. The van der Waals surface area contributed by atoms with Gasteiger partial charge >= 0.3 is 0 Å². The number of benzene rings is 2. The average molecular weight is 410 g/mol. The molecule has 0 fully saturated rings. The fourth-order valence-electron chi connectivity index (χ4n) is 3.10. The van der Waals surface area contributed by atoms with Gasteiger partial charge in [-0.15, -0.1) is 14.8 Å². The third kappa shape index (κ3) is 3.50. The molecule has 0 aliphatic carbocycles. The molecule has 10 heteroatoms. The Kier molecular flexibility index (Phi) is 4.87. The number of anilines is 1. The second-order valence-electron chi connectivity index (χ2n) is 6.17. The summed E-state index contributed by atoms with van der Waals surface area (Å²) in [6, 6.07) is 15.8. The van der Waals surface area contributed by atoms with Crippen LogP contribution in [0.4, 0.5) is 5.69 Å². The van der Waals surface area contributed by atoms with E-state index in [0.717, 1.165) is 5.56 Å². The van der Waals surface area contributed by atoms with Gasteiger partial charge < -0.3 is 14.0 Å². The molecule has 0 saturated carbocycles. The summed E-state index contributed by atoms with van der Waals surface area (Å²) in [5.41, 5.74) is 2.98. The van der Waals surface area contributed by atoms with Gasteiger partial charge in [-0.2, -0.15) is 0 Å². The Bertz CT molecular complexity index is 1230. The van der Waals surface area contributed by atoms with Gasteiger partial charge in [-0.1, -0.05) is 12.1 Å². The molecule has 0 amide bonds. The Hall–Kier alpha value is -3.50. The van der Waals surface area contributed by atoms with Crippen molar-refractivity contribution in [3.8, 4) is 28.4 Å². The van der Waals surface area contributed by atoms with E-state index in [-0.39, 0.29) is 5.91 Å². The zero-order valence-electron chi connectivity index (χ0n) is 15.5. The maximum Gasteiger partial charge on any atom is 0.230 e. The number of nitrogens with one attached hydrogen (secondary N) is 1. The van der Waals surface area contributed by atoms with Gasteiger partial charge in [-0.3, -0.25) is 9.00 Å². The van der Waals surface area contributed by atoms with E-state index >= 15 is 0 Å². The highest BCUT2D eigenvalue weighted by Gasteiger charge is 2.20. The van der Waals surface area contributed by atoms with Crippen molar-refractivity contribution in [3.63, 3.8) is 0 Å². The van der Waals surface area contributed by atoms with Crippen LogP contribution in [0.5, 0.6) is 5.75 Å². The molecule has 0 saturated heterocycles. The summed E-state index contributed by atoms with van der Waals surface area (Å²) in [4.78, 5) is 12.4. The van der Waals surface area contributed by atoms with E-state index in [2.05, 4.69) is 14.9 Å². The Morgan fingerprint density at radius 1 is 1.14 bits per heavy atom. The topological polar surface area (TPSA) is 114 Å². The summed E-state index contributed by atoms with van der Waals surface area (Å²) >= 11 is -2.41. The van der Waals surface area contributed by atoms with E-state index in [1.807, 2.05) is 24.3 Å². The lowest BCUT2D eigenvalue weighted by molar-refractivity contribution is 0.0942. The van der Waals surface area contributed by atoms with Gasteiger partial charge in [0.2, 0.25) is 5.91 Å². The molecule has 0 aliphatic heterocycles. The van der Waals surface area contributed by atoms with Crippen molar-refractivity contribution in [2.75, 3.05) is 11.8 Å². The Morgan fingerprint density at radius 3 is 2.52 bits per heavy atom. The first-order valence-electron chi connectivity index (χ1n) is 8.57. The number of carbonyl (C=O) groups is 1. The maximum absolute atomic E-state index is 12.4. The summed E-state index contributed by atoms with van der Waals surface area (Å²) in [6.07, 6.45) is 0. The van der Waals surface area contributed by atoms with E-state index in [4.69, 9.17) is 4.74 Å². The second-order valence-corrected chi connectivity index (χ2v) is 6.84. The largest absolute Gasteiger partial charge is 0.755 e. The zero-order chi connectivity index (χ0) is 20.5. The fourth-order valence-corrected chi connectivity index (χ4v) is 3.43. The molecule has 1 unspecified atom stereocenters.